The number of aryl methyl sites for hydroxylation is 1. The topological polar surface area (TPSA) is 56.7 Å². The maximum absolute atomic E-state index is 11.7. The molecule has 2 aromatic heterocycles. The Kier molecular flexibility index (Phi) is 9.47. The van der Waals surface area contributed by atoms with E-state index in [4.69, 9.17) is 14.2 Å². The summed E-state index contributed by atoms with van der Waals surface area (Å²) in [7, 11) is 5.38. The highest BCUT2D eigenvalue weighted by Crippen LogP contribution is 2.42. The van der Waals surface area contributed by atoms with Gasteiger partial charge in [0.15, 0.2) is 6.20 Å². The fourth-order valence-corrected chi connectivity index (χ4v) is 6.85. The standard InChI is InChI=1S/C44H41N2O4/c1-45-28-27-32(40-13-7-9-15-42(40)45)17-18-33-29-46(43-16-10-8-14-41(33)43)30-37(47)31-50-44(34-11-5-4-6-12-34,35-19-23-38(48-2)24-20-35)36-21-25-39(49-3)26-22-36/h4-29,37,47H,30-31H2,1-3H3/q+1. The molecule has 7 aromatic rings. The Morgan fingerprint density at radius 1 is 0.660 bits per heavy atom. The molecule has 6 heteroatoms. The van der Waals surface area contributed by atoms with Crippen molar-refractivity contribution in [1.82, 2.24) is 4.57 Å². The zero-order valence-electron chi connectivity index (χ0n) is 28.6. The van der Waals surface area contributed by atoms with Gasteiger partial charge in [-0.3, -0.25) is 0 Å². The van der Waals surface area contributed by atoms with Gasteiger partial charge in [-0.2, -0.15) is 0 Å². The molecule has 0 bridgehead atoms. The summed E-state index contributed by atoms with van der Waals surface area (Å²) in [5.74, 6) is 1.51. The number of ether oxygens (including phenoxy) is 3. The van der Waals surface area contributed by atoms with Crippen LogP contribution in [0, 0.1) is 0 Å². The summed E-state index contributed by atoms with van der Waals surface area (Å²) < 4.78 is 22.2. The van der Waals surface area contributed by atoms with Crippen molar-refractivity contribution in [3.63, 3.8) is 0 Å². The molecule has 250 valence electrons. The lowest BCUT2D eigenvalue weighted by molar-refractivity contribution is -0.644. The monoisotopic (exact) mass is 661 g/mol. The second kappa shape index (κ2) is 14.4. The zero-order chi connectivity index (χ0) is 34.5. The van der Waals surface area contributed by atoms with Crippen molar-refractivity contribution in [1.29, 1.82) is 0 Å². The van der Waals surface area contributed by atoms with Gasteiger partial charge in [0, 0.05) is 29.2 Å². The molecule has 0 fully saturated rings. The molecule has 1 atom stereocenters. The molecule has 0 saturated heterocycles. The number of hydrogen-bond acceptors (Lipinski definition) is 4. The molecule has 0 aliphatic carbocycles. The number of methoxy groups -OCH3 is 2. The van der Waals surface area contributed by atoms with Crippen LogP contribution in [0.5, 0.6) is 11.5 Å². The van der Waals surface area contributed by atoms with E-state index in [0.717, 1.165) is 50.2 Å². The van der Waals surface area contributed by atoms with Crippen LogP contribution in [-0.2, 0) is 23.9 Å². The van der Waals surface area contributed by atoms with Gasteiger partial charge in [0.1, 0.15) is 24.1 Å². The molecule has 2 heterocycles. The van der Waals surface area contributed by atoms with Gasteiger partial charge in [0.25, 0.3) is 0 Å². The number of benzene rings is 5. The van der Waals surface area contributed by atoms with Crippen LogP contribution in [0.15, 0.2) is 146 Å². The molecule has 5 aromatic carbocycles. The zero-order valence-corrected chi connectivity index (χ0v) is 28.6. The van der Waals surface area contributed by atoms with E-state index < -0.39 is 11.7 Å². The van der Waals surface area contributed by atoms with E-state index in [0.29, 0.717) is 6.54 Å². The molecule has 6 nitrogen and oxygen atoms in total. The maximum Gasteiger partial charge on any atom is 0.212 e. The second-order valence-corrected chi connectivity index (χ2v) is 12.5. The number of pyridine rings is 1. The largest absolute Gasteiger partial charge is 0.497 e. The number of para-hydroxylation sites is 2. The summed E-state index contributed by atoms with van der Waals surface area (Å²) in [5, 5.41) is 14.0. The highest BCUT2D eigenvalue weighted by molar-refractivity contribution is 5.95. The van der Waals surface area contributed by atoms with Crippen LogP contribution < -0.4 is 14.0 Å². The van der Waals surface area contributed by atoms with Crippen LogP contribution in [0.1, 0.15) is 27.8 Å². The third kappa shape index (κ3) is 6.39. The number of aromatic nitrogens is 2. The van der Waals surface area contributed by atoms with Crippen LogP contribution in [0.2, 0.25) is 0 Å². The number of aliphatic hydroxyl groups is 1. The van der Waals surface area contributed by atoms with Crippen molar-refractivity contribution in [2.45, 2.75) is 18.2 Å². The van der Waals surface area contributed by atoms with Crippen molar-refractivity contribution in [2.75, 3.05) is 20.8 Å². The summed E-state index contributed by atoms with van der Waals surface area (Å²) in [4.78, 5) is 0. The maximum atomic E-state index is 11.7. The van der Waals surface area contributed by atoms with E-state index in [2.05, 4.69) is 101 Å². The van der Waals surface area contributed by atoms with Crippen LogP contribution in [0.25, 0.3) is 34.0 Å². The van der Waals surface area contributed by atoms with Crippen LogP contribution >= 0.6 is 0 Å². The molecule has 7 rings (SSSR count). The van der Waals surface area contributed by atoms with E-state index in [1.165, 1.54) is 10.9 Å². The van der Waals surface area contributed by atoms with E-state index in [9.17, 15) is 5.11 Å². The lowest BCUT2D eigenvalue weighted by Crippen LogP contribution is -2.36. The van der Waals surface area contributed by atoms with Crippen LogP contribution in [-0.4, -0.2) is 36.6 Å². The fourth-order valence-electron chi connectivity index (χ4n) is 6.85. The van der Waals surface area contributed by atoms with Gasteiger partial charge in [0.2, 0.25) is 5.52 Å². The molecule has 50 heavy (non-hydrogen) atoms. The van der Waals surface area contributed by atoms with E-state index in [1.807, 2.05) is 72.8 Å². The first-order chi connectivity index (χ1) is 24.5. The third-order valence-electron chi connectivity index (χ3n) is 9.41. The molecule has 0 aliphatic heterocycles. The van der Waals surface area contributed by atoms with Crippen LogP contribution in [0.3, 0.4) is 0 Å². The highest BCUT2D eigenvalue weighted by Gasteiger charge is 2.38. The first kappa shape index (κ1) is 32.8. The molecular weight excluding hydrogens is 620 g/mol. The van der Waals surface area contributed by atoms with E-state index >= 15 is 0 Å². The Balaban J connectivity index is 1.21. The molecule has 1 N–H and O–H groups in total. The van der Waals surface area contributed by atoms with Gasteiger partial charge >= 0.3 is 0 Å². The van der Waals surface area contributed by atoms with Crippen LogP contribution in [0.4, 0.5) is 0 Å². The third-order valence-corrected chi connectivity index (χ3v) is 9.41. The first-order valence-electron chi connectivity index (χ1n) is 16.8. The molecule has 1 unspecified atom stereocenters. The quantitative estimate of drug-likeness (QED) is 0.106. The molecule has 0 aliphatic rings. The van der Waals surface area contributed by atoms with Crippen molar-refractivity contribution in [3.05, 3.63) is 174 Å². The van der Waals surface area contributed by atoms with Gasteiger partial charge in [-0.25, -0.2) is 4.57 Å². The SMILES string of the molecule is COc1ccc(C(OCC(O)Cn2cc(/C=C/c3cc[n+](C)c4ccccc34)c3ccccc32)(c2ccccc2)c2ccc(OC)cc2)cc1. The predicted octanol–water partition coefficient (Wildman–Crippen LogP) is 8.18. The normalized spacial score (nSPS) is 12.5. The Morgan fingerprint density at radius 2 is 1.22 bits per heavy atom. The van der Waals surface area contributed by atoms with Crippen molar-refractivity contribution < 1.29 is 23.9 Å². The minimum Gasteiger partial charge on any atom is -0.497 e. The van der Waals surface area contributed by atoms with Gasteiger partial charge < -0.3 is 23.9 Å². The lowest BCUT2D eigenvalue weighted by atomic mass is 9.80. The first-order valence-corrected chi connectivity index (χ1v) is 16.8. The molecular formula is C44H41N2O4+. The fraction of sp³-hybridized carbons (Fsp3) is 0.159. The Bertz CT molecular complexity index is 2190. The average molecular weight is 662 g/mol. The van der Waals surface area contributed by atoms with Crippen molar-refractivity contribution >= 4 is 34.0 Å². The molecule has 0 amide bonds. The van der Waals surface area contributed by atoms with Crippen molar-refractivity contribution in [2.24, 2.45) is 7.05 Å². The number of aliphatic hydroxyl groups excluding tert-OH is 1. The number of rotatable bonds is 12. The Hall–Kier alpha value is -5.69. The van der Waals surface area contributed by atoms with Crippen molar-refractivity contribution in [3.8, 4) is 11.5 Å². The van der Waals surface area contributed by atoms with E-state index in [1.54, 1.807) is 14.2 Å². The van der Waals surface area contributed by atoms with Gasteiger partial charge in [-0.05, 0) is 64.2 Å². The number of nitrogens with zero attached hydrogens (tertiary/aromatic N) is 2. The summed E-state index contributed by atoms with van der Waals surface area (Å²) in [5.41, 5.74) is 6.24. The average Bonchev–Trinajstić information content (AvgIpc) is 3.52. The smallest absolute Gasteiger partial charge is 0.212 e. The summed E-state index contributed by atoms with van der Waals surface area (Å²) in [6.07, 6.45) is 7.74. The number of hydrogen-bond donors (Lipinski definition) is 1. The predicted molar refractivity (Wildman–Crippen MR) is 200 cm³/mol. The minimum atomic E-state index is -1.01. The number of fused-ring (bicyclic) bond motifs is 2. The molecule has 0 spiro atoms. The lowest BCUT2D eigenvalue weighted by Gasteiger charge is -2.36. The highest BCUT2D eigenvalue weighted by atomic mass is 16.5. The Morgan fingerprint density at radius 3 is 1.88 bits per heavy atom. The van der Waals surface area contributed by atoms with Gasteiger partial charge in [-0.15, -0.1) is 0 Å². The Labute approximate surface area is 293 Å². The second-order valence-electron chi connectivity index (χ2n) is 12.5. The van der Waals surface area contributed by atoms with Gasteiger partial charge in [-0.1, -0.05) is 97.1 Å². The minimum absolute atomic E-state index is 0.0810. The molecule has 0 radical (unpaired) electrons. The van der Waals surface area contributed by atoms with E-state index in [-0.39, 0.29) is 6.61 Å². The summed E-state index contributed by atoms with van der Waals surface area (Å²) >= 11 is 0. The summed E-state index contributed by atoms with van der Waals surface area (Å²) in [6, 6.07) is 44.9. The summed E-state index contributed by atoms with van der Waals surface area (Å²) in [6.45, 7) is 0.437. The van der Waals surface area contributed by atoms with Gasteiger partial charge in [0.05, 0.1) is 38.9 Å². The molecule has 0 saturated carbocycles.